The van der Waals surface area contributed by atoms with Crippen molar-refractivity contribution in [1.29, 1.82) is 0 Å². The van der Waals surface area contributed by atoms with Crippen molar-refractivity contribution in [3.05, 3.63) is 22.9 Å². The van der Waals surface area contributed by atoms with Crippen LogP contribution in [0.2, 0.25) is 0 Å². The molecule has 0 radical (unpaired) electrons. The van der Waals surface area contributed by atoms with E-state index in [9.17, 15) is 4.79 Å². The molecule has 0 saturated heterocycles. The molecular weight excluding hydrogens is 208 g/mol. The van der Waals surface area contributed by atoms with Gasteiger partial charge in [-0.25, -0.2) is 14.5 Å². The van der Waals surface area contributed by atoms with Crippen LogP contribution in [0.15, 0.2) is 17.2 Å². The molecule has 0 aliphatic rings. The summed E-state index contributed by atoms with van der Waals surface area (Å²) in [5.41, 5.74) is -0.451. The first-order valence-corrected chi connectivity index (χ1v) is 4.91. The van der Waals surface area contributed by atoms with Crippen molar-refractivity contribution in [2.24, 2.45) is 7.05 Å². The summed E-state index contributed by atoms with van der Waals surface area (Å²) in [6.45, 7) is 3.72. The summed E-state index contributed by atoms with van der Waals surface area (Å²) < 4.78 is 3.06. The predicted molar refractivity (Wildman–Crippen MR) is 56.7 cm³/mol. The minimum absolute atomic E-state index is 0.0537. The van der Waals surface area contributed by atoms with Crippen molar-refractivity contribution in [3.8, 4) is 11.6 Å². The summed E-state index contributed by atoms with van der Waals surface area (Å²) in [6.07, 6.45) is 3.42. The van der Waals surface area contributed by atoms with Gasteiger partial charge in [-0.3, -0.25) is 0 Å². The number of imidazole rings is 1. The fourth-order valence-electron chi connectivity index (χ4n) is 1.31. The maximum absolute atomic E-state index is 11.4. The third-order valence-electron chi connectivity index (χ3n) is 2.14. The molecule has 0 bridgehead atoms. The van der Waals surface area contributed by atoms with Gasteiger partial charge < -0.3 is 4.57 Å². The van der Waals surface area contributed by atoms with E-state index in [0.29, 0.717) is 11.6 Å². The molecule has 2 aromatic heterocycles. The molecule has 0 atom stereocenters. The van der Waals surface area contributed by atoms with E-state index in [-0.39, 0.29) is 6.04 Å². The Morgan fingerprint density at radius 2 is 2.06 bits per heavy atom. The number of hydrogen-bond donors (Lipinski definition) is 0. The first kappa shape index (κ1) is 10.5. The minimum Gasteiger partial charge on any atom is -0.331 e. The highest BCUT2D eigenvalue weighted by molar-refractivity contribution is 5.41. The van der Waals surface area contributed by atoms with Crippen molar-refractivity contribution >= 4 is 0 Å². The standard InChI is InChI=1S/C9H12N6O/c1-6(2)15-9(16)12-11-7(13-15)8-10-4-5-14(8)3/h4-6H,1-3H3. The molecule has 0 N–H and O–H groups in total. The van der Waals surface area contributed by atoms with Crippen LogP contribution < -0.4 is 5.69 Å². The fourth-order valence-corrected chi connectivity index (χ4v) is 1.31. The average molecular weight is 220 g/mol. The number of nitrogens with zero attached hydrogens (tertiary/aromatic N) is 6. The Kier molecular flexibility index (Phi) is 2.51. The molecule has 2 aromatic rings. The topological polar surface area (TPSA) is 78.5 Å². The zero-order valence-electron chi connectivity index (χ0n) is 9.32. The van der Waals surface area contributed by atoms with Crippen molar-refractivity contribution < 1.29 is 0 Å². The summed E-state index contributed by atoms with van der Waals surface area (Å²) in [7, 11) is 1.83. The Morgan fingerprint density at radius 1 is 1.31 bits per heavy atom. The first-order chi connectivity index (χ1) is 7.59. The molecule has 0 spiro atoms. The molecule has 0 amide bonds. The molecular formula is C9H12N6O. The van der Waals surface area contributed by atoms with Crippen LogP contribution in [0.5, 0.6) is 0 Å². The largest absolute Gasteiger partial charge is 0.382 e. The van der Waals surface area contributed by atoms with E-state index in [1.54, 1.807) is 17.0 Å². The molecule has 0 unspecified atom stereocenters. The summed E-state index contributed by atoms with van der Waals surface area (Å²) in [4.78, 5) is 15.5. The fraction of sp³-hybridized carbons (Fsp3) is 0.444. The smallest absolute Gasteiger partial charge is 0.331 e. The highest BCUT2D eigenvalue weighted by Crippen LogP contribution is 2.08. The molecule has 7 nitrogen and oxygen atoms in total. The molecule has 0 aromatic carbocycles. The van der Waals surface area contributed by atoms with E-state index in [2.05, 4.69) is 20.3 Å². The van der Waals surface area contributed by atoms with Crippen LogP contribution in [0.3, 0.4) is 0 Å². The zero-order valence-corrected chi connectivity index (χ0v) is 9.32. The van der Waals surface area contributed by atoms with Crippen molar-refractivity contribution in [3.63, 3.8) is 0 Å². The normalized spacial score (nSPS) is 11.0. The number of rotatable bonds is 2. The Labute approximate surface area is 91.8 Å². The first-order valence-electron chi connectivity index (χ1n) is 4.91. The quantitative estimate of drug-likeness (QED) is 0.712. The maximum Gasteiger partial charge on any atom is 0.382 e. The zero-order chi connectivity index (χ0) is 11.7. The minimum atomic E-state index is -0.451. The highest BCUT2D eigenvalue weighted by Gasteiger charge is 2.11. The average Bonchev–Trinajstić information content (AvgIpc) is 2.65. The molecule has 0 saturated carbocycles. The molecule has 0 aliphatic heterocycles. The molecule has 0 aliphatic carbocycles. The molecule has 2 heterocycles. The monoisotopic (exact) mass is 220 g/mol. The van der Waals surface area contributed by atoms with E-state index in [0.717, 1.165) is 0 Å². The summed E-state index contributed by atoms with van der Waals surface area (Å²) in [6, 6.07) is -0.0537. The highest BCUT2D eigenvalue weighted by atomic mass is 16.2. The van der Waals surface area contributed by atoms with E-state index in [4.69, 9.17) is 0 Å². The molecule has 7 heteroatoms. The Morgan fingerprint density at radius 3 is 2.62 bits per heavy atom. The van der Waals surface area contributed by atoms with Crippen LogP contribution >= 0.6 is 0 Å². The van der Waals surface area contributed by atoms with Crippen LogP contribution in [-0.2, 0) is 7.05 Å². The number of aryl methyl sites for hydroxylation is 1. The summed E-state index contributed by atoms with van der Waals surface area (Å²) in [5, 5.41) is 11.4. The van der Waals surface area contributed by atoms with Gasteiger partial charge in [0.25, 0.3) is 0 Å². The van der Waals surface area contributed by atoms with Crippen LogP contribution in [0.4, 0.5) is 0 Å². The Balaban J connectivity index is 2.56. The van der Waals surface area contributed by atoms with Crippen LogP contribution in [0.1, 0.15) is 19.9 Å². The van der Waals surface area contributed by atoms with Gasteiger partial charge in [0, 0.05) is 19.4 Å². The number of aromatic nitrogens is 6. The van der Waals surface area contributed by atoms with E-state index >= 15 is 0 Å². The van der Waals surface area contributed by atoms with Gasteiger partial charge in [0.05, 0.1) is 6.04 Å². The second-order valence-corrected chi connectivity index (χ2v) is 3.71. The lowest BCUT2D eigenvalue weighted by Gasteiger charge is -2.07. The SMILES string of the molecule is CC(C)n1nc(-c2nccn2C)nnc1=O. The van der Waals surface area contributed by atoms with E-state index in [1.165, 1.54) is 4.68 Å². The third-order valence-corrected chi connectivity index (χ3v) is 2.14. The number of hydrogen-bond acceptors (Lipinski definition) is 5. The van der Waals surface area contributed by atoms with Gasteiger partial charge >= 0.3 is 5.69 Å². The molecule has 2 rings (SSSR count). The lowest BCUT2D eigenvalue weighted by molar-refractivity contribution is 0.476. The second kappa shape index (κ2) is 3.84. The Bertz CT molecular complexity index is 555. The van der Waals surface area contributed by atoms with Crippen molar-refractivity contribution in [2.45, 2.75) is 19.9 Å². The second-order valence-electron chi connectivity index (χ2n) is 3.71. The van der Waals surface area contributed by atoms with Gasteiger partial charge in [0.1, 0.15) is 0 Å². The molecule has 0 fully saturated rings. The lowest BCUT2D eigenvalue weighted by atomic mass is 10.4. The van der Waals surface area contributed by atoms with Gasteiger partial charge in [0.2, 0.25) is 5.82 Å². The lowest BCUT2D eigenvalue weighted by Crippen LogP contribution is -2.29. The van der Waals surface area contributed by atoms with Gasteiger partial charge in [0.15, 0.2) is 5.82 Å². The third kappa shape index (κ3) is 1.71. The Hall–Kier alpha value is -2.05. The van der Waals surface area contributed by atoms with Gasteiger partial charge in [-0.2, -0.15) is 0 Å². The molecule has 84 valence electrons. The van der Waals surface area contributed by atoms with Crippen LogP contribution in [0.25, 0.3) is 11.6 Å². The van der Waals surface area contributed by atoms with Gasteiger partial charge in [-0.05, 0) is 13.8 Å². The van der Waals surface area contributed by atoms with Crippen molar-refractivity contribution in [1.82, 2.24) is 29.5 Å². The maximum atomic E-state index is 11.4. The van der Waals surface area contributed by atoms with Crippen LogP contribution in [0, 0.1) is 0 Å². The van der Waals surface area contributed by atoms with Crippen LogP contribution in [-0.4, -0.2) is 29.5 Å². The summed E-state index contributed by atoms with van der Waals surface area (Å²) >= 11 is 0. The van der Waals surface area contributed by atoms with E-state index < -0.39 is 5.69 Å². The van der Waals surface area contributed by atoms with Gasteiger partial charge in [-0.15, -0.1) is 10.2 Å². The van der Waals surface area contributed by atoms with Gasteiger partial charge in [-0.1, -0.05) is 5.10 Å². The summed E-state index contributed by atoms with van der Waals surface area (Å²) in [5.74, 6) is 0.933. The predicted octanol–water partition coefficient (Wildman–Crippen LogP) is 0.0147. The van der Waals surface area contributed by atoms with Crippen molar-refractivity contribution in [2.75, 3.05) is 0 Å². The molecule has 16 heavy (non-hydrogen) atoms. The van der Waals surface area contributed by atoms with E-state index in [1.807, 2.05) is 20.9 Å².